The largest absolute Gasteiger partial charge is 0.481 e. The second-order valence-corrected chi connectivity index (χ2v) is 2.81. The third-order valence-electron chi connectivity index (χ3n) is 1.39. The summed E-state index contributed by atoms with van der Waals surface area (Å²) in [6.45, 7) is 0.325. The lowest BCUT2D eigenvalue weighted by Gasteiger charge is -2.04. The maximum absolute atomic E-state index is 10.2. The smallest absolute Gasteiger partial charge is 0.305 e. The van der Waals surface area contributed by atoms with Crippen molar-refractivity contribution < 1.29 is 9.90 Å². The Hall–Kier alpha value is -1.29. The summed E-state index contributed by atoms with van der Waals surface area (Å²) >= 11 is 5.77. The van der Waals surface area contributed by atoms with Gasteiger partial charge in [0, 0.05) is 12.7 Å². The normalized spacial score (nSPS) is 9.62. The first-order valence-corrected chi connectivity index (χ1v) is 4.14. The minimum absolute atomic E-state index is 0.0485. The summed E-state index contributed by atoms with van der Waals surface area (Å²) in [6.07, 6.45) is 1.64. The number of carboxylic acid groups (broad SMARTS) is 1. The molecule has 0 aliphatic heterocycles. The first kappa shape index (κ1) is 9.80. The molecular weight excluding hydrogens is 192 g/mol. The Morgan fingerprint density at radius 2 is 2.46 bits per heavy atom. The average molecular weight is 201 g/mol. The van der Waals surface area contributed by atoms with Crippen LogP contribution in [0.4, 0.5) is 5.82 Å². The van der Waals surface area contributed by atoms with Crippen LogP contribution in [0.2, 0.25) is 5.02 Å². The lowest BCUT2D eigenvalue weighted by Crippen LogP contribution is -2.08. The van der Waals surface area contributed by atoms with E-state index in [1.54, 1.807) is 18.3 Å². The maximum atomic E-state index is 10.2. The van der Waals surface area contributed by atoms with Gasteiger partial charge in [-0.3, -0.25) is 4.79 Å². The monoisotopic (exact) mass is 200 g/mol. The number of carbonyl (C=O) groups is 1. The SMILES string of the molecule is O=C(O)CCNc1ncccc1Cl. The van der Waals surface area contributed by atoms with E-state index in [0.717, 1.165) is 0 Å². The third kappa shape index (κ3) is 3.29. The summed E-state index contributed by atoms with van der Waals surface area (Å²) in [5.74, 6) is -0.329. The maximum Gasteiger partial charge on any atom is 0.305 e. The van der Waals surface area contributed by atoms with Gasteiger partial charge in [-0.15, -0.1) is 0 Å². The Balaban J connectivity index is 2.45. The molecule has 2 N–H and O–H groups in total. The minimum atomic E-state index is -0.848. The van der Waals surface area contributed by atoms with Crippen LogP contribution in [-0.4, -0.2) is 22.6 Å². The van der Waals surface area contributed by atoms with Gasteiger partial charge in [0.1, 0.15) is 5.82 Å². The number of pyridine rings is 1. The second-order valence-electron chi connectivity index (χ2n) is 2.40. The zero-order valence-electron chi connectivity index (χ0n) is 6.83. The van der Waals surface area contributed by atoms with Crippen LogP contribution < -0.4 is 5.32 Å². The van der Waals surface area contributed by atoms with Crippen molar-refractivity contribution in [3.63, 3.8) is 0 Å². The van der Waals surface area contributed by atoms with Crippen molar-refractivity contribution in [3.05, 3.63) is 23.4 Å². The number of aromatic nitrogens is 1. The van der Waals surface area contributed by atoms with Crippen molar-refractivity contribution >= 4 is 23.4 Å². The molecule has 1 rings (SSSR count). The lowest BCUT2D eigenvalue weighted by molar-refractivity contribution is -0.136. The summed E-state index contributed by atoms with van der Waals surface area (Å²) in [5.41, 5.74) is 0. The predicted octanol–water partition coefficient (Wildman–Crippen LogP) is 1.62. The van der Waals surface area contributed by atoms with Crippen molar-refractivity contribution in [2.75, 3.05) is 11.9 Å². The standard InChI is InChI=1S/C8H9ClN2O2/c9-6-2-1-4-10-8(6)11-5-3-7(12)13/h1-2,4H,3,5H2,(H,10,11)(H,12,13). The lowest BCUT2D eigenvalue weighted by atomic mass is 10.4. The van der Waals surface area contributed by atoms with E-state index in [1.807, 2.05) is 0 Å². The number of carboxylic acids is 1. The molecule has 0 spiro atoms. The summed E-state index contributed by atoms with van der Waals surface area (Å²) < 4.78 is 0. The number of anilines is 1. The molecule has 0 atom stereocenters. The summed E-state index contributed by atoms with van der Waals surface area (Å²) in [6, 6.07) is 3.41. The number of hydrogen-bond donors (Lipinski definition) is 2. The molecule has 0 radical (unpaired) electrons. The van der Waals surface area contributed by atoms with Gasteiger partial charge >= 0.3 is 5.97 Å². The molecule has 4 nitrogen and oxygen atoms in total. The van der Waals surface area contributed by atoms with Crippen LogP contribution in [0.1, 0.15) is 6.42 Å². The topological polar surface area (TPSA) is 62.2 Å². The highest BCUT2D eigenvalue weighted by Crippen LogP contribution is 2.16. The molecule has 0 aliphatic carbocycles. The molecule has 0 saturated carbocycles. The molecule has 1 heterocycles. The number of rotatable bonds is 4. The highest BCUT2D eigenvalue weighted by molar-refractivity contribution is 6.32. The van der Waals surface area contributed by atoms with Crippen molar-refractivity contribution in [1.82, 2.24) is 4.98 Å². The Morgan fingerprint density at radius 3 is 3.08 bits per heavy atom. The van der Waals surface area contributed by atoms with Crippen LogP contribution in [0.25, 0.3) is 0 Å². The Bertz CT molecular complexity index is 304. The molecule has 0 saturated heterocycles. The number of nitrogens with zero attached hydrogens (tertiary/aromatic N) is 1. The zero-order chi connectivity index (χ0) is 9.68. The highest BCUT2D eigenvalue weighted by Gasteiger charge is 2.00. The van der Waals surface area contributed by atoms with Gasteiger partial charge in [0.05, 0.1) is 11.4 Å². The van der Waals surface area contributed by atoms with E-state index in [1.165, 1.54) is 0 Å². The Kier molecular flexibility index (Phi) is 3.52. The van der Waals surface area contributed by atoms with Crippen LogP contribution in [0.15, 0.2) is 18.3 Å². The fraction of sp³-hybridized carbons (Fsp3) is 0.250. The zero-order valence-corrected chi connectivity index (χ0v) is 7.58. The van der Waals surface area contributed by atoms with E-state index in [2.05, 4.69) is 10.3 Å². The van der Waals surface area contributed by atoms with Crippen molar-refractivity contribution in [2.45, 2.75) is 6.42 Å². The number of aliphatic carboxylic acids is 1. The molecule has 0 unspecified atom stereocenters. The molecule has 5 heteroatoms. The fourth-order valence-electron chi connectivity index (χ4n) is 0.804. The number of halogens is 1. The molecule has 1 aromatic heterocycles. The summed E-state index contributed by atoms with van der Waals surface area (Å²) in [7, 11) is 0. The first-order chi connectivity index (χ1) is 6.20. The molecule has 13 heavy (non-hydrogen) atoms. The van der Waals surface area contributed by atoms with Crippen LogP contribution in [0.5, 0.6) is 0 Å². The summed E-state index contributed by atoms with van der Waals surface area (Å²) in [5, 5.41) is 11.7. The van der Waals surface area contributed by atoms with E-state index in [4.69, 9.17) is 16.7 Å². The van der Waals surface area contributed by atoms with Crippen molar-refractivity contribution in [1.29, 1.82) is 0 Å². The number of hydrogen-bond acceptors (Lipinski definition) is 3. The highest BCUT2D eigenvalue weighted by atomic mass is 35.5. The van der Waals surface area contributed by atoms with Gasteiger partial charge in [0.2, 0.25) is 0 Å². The molecule has 70 valence electrons. The van der Waals surface area contributed by atoms with Crippen LogP contribution in [-0.2, 0) is 4.79 Å². The quantitative estimate of drug-likeness (QED) is 0.776. The van der Waals surface area contributed by atoms with Gasteiger partial charge in [-0.2, -0.15) is 0 Å². The molecule has 0 amide bonds. The fourth-order valence-corrected chi connectivity index (χ4v) is 0.992. The molecule has 0 aromatic carbocycles. The van der Waals surface area contributed by atoms with E-state index < -0.39 is 5.97 Å². The van der Waals surface area contributed by atoms with Crippen molar-refractivity contribution in [3.8, 4) is 0 Å². The van der Waals surface area contributed by atoms with Gasteiger partial charge in [0.15, 0.2) is 0 Å². The van der Waals surface area contributed by atoms with Crippen LogP contribution in [0, 0.1) is 0 Å². The van der Waals surface area contributed by atoms with Gasteiger partial charge in [-0.25, -0.2) is 4.98 Å². The van der Waals surface area contributed by atoms with Crippen LogP contribution >= 0.6 is 11.6 Å². The average Bonchev–Trinajstić information content (AvgIpc) is 2.08. The van der Waals surface area contributed by atoms with E-state index in [-0.39, 0.29) is 6.42 Å². The van der Waals surface area contributed by atoms with Gasteiger partial charge in [0.25, 0.3) is 0 Å². The van der Waals surface area contributed by atoms with Gasteiger partial charge in [-0.05, 0) is 12.1 Å². The van der Waals surface area contributed by atoms with Gasteiger partial charge in [-0.1, -0.05) is 11.6 Å². The molecule has 0 bridgehead atoms. The Labute approximate surface area is 80.6 Å². The van der Waals surface area contributed by atoms with E-state index in [0.29, 0.717) is 17.4 Å². The van der Waals surface area contributed by atoms with Crippen molar-refractivity contribution in [2.24, 2.45) is 0 Å². The van der Waals surface area contributed by atoms with Crippen LogP contribution in [0.3, 0.4) is 0 Å². The van der Waals surface area contributed by atoms with E-state index in [9.17, 15) is 4.79 Å². The second kappa shape index (κ2) is 4.67. The third-order valence-corrected chi connectivity index (χ3v) is 1.69. The first-order valence-electron chi connectivity index (χ1n) is 3.76. The predicted molar refractivity (Wildman–Crippen MR) is 50.0 cm³/mol. The Morgan fingerprint density at radius 1 is 1.69 bits per heavy atom. The molecule has 0 fully saturated rings. The summed E-state index contributed by atoms with van der Waals surface area (Å²) in [4.78, 5) is 14.1. The number of nitrogens with one attached hydrogen (secondary N) is 1. The molecular formula is C8H9ClN2O2. The molecule has 1 aromatic rings. The molecule has 0 aliphatic rings. The minimum Gasteiger partial charge on any atom is -0.481 e. The van der Waals surface area contributed by atoms with E-state index >= 15 is 0 Å². The van der Waals surface area contributed by atoms with Gasteiger partial charge < -0.3 is 10.4 Å².